The number of fused-ring (bicyclic) bond motifs is 1. The minimum absolute atomic E-state index is 0.160. The molecule has 0 saturated heterocycles. The summed E-state index contributed by atoms with van der Waals surface area (Å²) in [6, 6.07) is 3.16. The van der Waals surface area contributed by atoms with Crippen molar-refractivity contribution in [3.63, 3.8) is 0 Å². The fourth-order valence-corrected chi connectivity index (χ4v) is 1.65. The van der Waals surface area contributed by atoms with Crippen molar-refractivity contribution in [1.29, 1.82) is 0 Å². The molecule has 0 atom stereocenters. The summed E-state index contributed by atoms with van der Waals surface area (Å²) < 4.78 is 38.8. The largest absolute Gasteiger partial charge is 0.417 e. The van der Waals surface area contributed by atoms with Crippen molar-refractivity contribution in [3.8, 4) is 0 Å². The first kappa shape index (κ1) is 11.5. The quantitative estimate of drug-likeness (QED) is 0.759. The number of benzene rings is 1. The molecule has 0 aliphatic carbocycles. The summed E-state index contributed by atoms with van der Waals surface area (Å²) >= 11 is 0. The summed E-state index contributed by atoms with van der Waals surface area (Å²) in [4.78, 5) is 15.7. The summed E-state index contributed by atoms with van der Waals surface area (Å²) in [5.41, 5.74) is -0.211. The van der Waals surface area contributed by atoms with Crippen LogP contribution in [0.1, 0.15) is 15.9 Å². The molecular formula is C11H8F3NO2. The van der Waals surface area contributed by atoms with Crippen molar-refractivity contribution in [2.75, 3.05) is 7.11 Å². The second-order valence-electron chi connectivity index (χ2n) is 3.44. The molecule has 1 aromatic heterocycles. The van der Waals surface area contributed by atoms with Crippen molar-refractivity contribution in [2.24, 2.45) is 0 Å². The highest BCUT2D eigenvalue weighted by molar-refractivity contribution is 5.97. The van der Waals surface area contributed by atoms with Crippen molar-refractivity contribution in [1.82, 2.24) is 4.73 Å². The van der Waals surface area contributed by atoms with E-state index in [1.54, 1.807) is 0 Å². The van der Waals surface area contributed by atoms with Crippen molar-refractivity contribution >= 4 is 17.2 Å². The lowest BCUT2D eigenvalue weighted by atomic mass is 10.1. The van der Waals surface area contributed by atoms with Gasteiger partial charge in [-0.25, -0.2) is 0 Å². The summed E-state index contributed by atoms with van der Waals surface area (Å²) in [7, 11) is 1.37. The molecule has 17 heavy (non-hydrogen) atoms. The van der Waals surface area contributed by atoms with E-state index in [-0.39, 0.29) is 10.9 Å². The summed E-state index contributed by atoms with van der Waals surface area (Å²) in [5, 5.41) is 0.219. The predicted molar refractivity (Wildman–Crippen MR) is 54.8 cm³/mol. The zero-order valence-electron chi connectivity index (χ0n) is 8.78. The van der Waals surface area contributed by atoms with Crippen LogP contribution in [0.25, 0.3) is 10.9 Å². The molecule has 0 aliphatic heterocycles. The van der Waals surface area contributed by atoms with E-state index in [4.69, 9.17) is 4.84 Å². The number of halogens is 3. The molecule has 6 heteroatoms. The first-order chi connectivity index (χ1) is 7.97. The number of alkyl halides is 3. The second-order valence-corrected chi connectivity index (χ2v) is 3.44. The van der Waals surface area contributed by atoms with Gasteiger partial charge in [-0.15, -0.1) is 0 Å². The maximum atomic E-state index is 12.5. The maximum Gasteiger partial charge on any atom is 0.416 e. The number of rotatable bonds is 2. The molecule has 0 amide bonds. The molecule has 0 spiro atoms. The lowest BCUT2D eigenvalue weighted by molar-refractivity contribution is -0.137. The number of hydrogen-bond donors (Lipinski definition) is 0. The Balaban J connectivity index is 2.72. The average Bonchev–Trinajstić information content (AvgIpc) is 2.64. The van der Waals surface area contributed by atoms with E-state index >= 15 is 0 Å². The summed E-state index contributed by atoms with van der Waals surface area (Å²) in [5.74, 6) is 0. The zero-order chi connectivity index (χ0) is 12.6. The molecular weight excluding hydrogens is 235 g/mol. The smallest absolute Gasteiger partial charge is 0.416 e. The molecule has 1 heterocycles. The fraction of sp³-hybridized carbons (Fsp3) is 0.182. The molecule has 0 N–H and O–H groups in total. The van der Waals surface area contributed by atoms with Gasteiger partial charge in [0.1, 0.15) is 7.11 Å². The Kier molecular flexibility index (Phi) is 2.57. The Morgan fingerprint density at radius 2 is 2.06 bits per heavy atom. The van der Waals surface area contributed by atoms with Crippen LogP contribution >= 0.6 is 0 Å². The Hall–Kier alpha value is -1.98. The van der Waals surface area contributed by atoms with Gasteiger partial charge < -0.3 is 4.84 Å². The van der Waals surface area contributed by atoms with Crippen LogP contribution < -0.4 is 4.84 Å². The SMILES string of the molecule is COn1cc(C=O)c2cc(C(F)(F)F)ccc21. The Bertz CT molecular complexity index is 572. The van der Waals surface area contributed by atoms with Crippen LogP contribution in [0.4, 0.5) is 13.2 Å². The average molecular weight is 243 g/mol. The predicted octanol–water partition coefficient (Wildman–Crippen LogP) is 2.53. The standard InChI is InChI=1S/C11H8F3NO2/c1-17-15-5-7(6-16)9-4-8(11(12,13)14)2-3-10(9)15/h2-6H,1H3. The maximum absolute atomic E-state index is 12.5. The second kappa shape index (κ2) is 3.80. The molecule has 0 bridgehead atoms. The van der Waals surface area contributed by atoms with Crippen LogP contribution in [-0.4, -0.2) is 18.1 Å². The van der Waals surface area contributed by atoms with Crippen LogP contribution in [0.5, 0.6) is 0 Å². The van der Waals surface area contributed by atoms with Crippen molar-refractivity contribution < 1.29 is 22.8 Å². The molecule has 2 rings (SSSR count). The lowest BCUT2D eigenvalue weighted by Gasteiger charge is -2.07. The van der Waals surface area contributed by atoms with Crippen molar-refractivity contribution in [2.45, 2.75) is 6.18 Å². The monoisotopic (exact) mass is 243 g/mol. The fourth-order valence-electron chi connectivity index (χ4n) is 1.65. The van der Waals surface area contributed by atoms with E-state index in [0.29, 0.717) is 11.8 Å². The Morgan fingerprint density at radius 1 is 1.35 bits per heavy atom. The molecule has 90 valence electrons. The number of carbonyl (C=O) groups is 1. The van der Waals surface area contributed by atoms with Crippen LogP contribution in [0.2, 0.25) is 0 Å². The topological polar surface area (TPSA) is 31.2 Å². The third-order valence-corrected chi connectivity index (χ3v) is 2.45. The normalized spacial score (nSPS) is 11.8. The van der Waals surface area contributed by atoms with Gasteiger partial charge in [0, 0.05) is 10.9 Å². The van der Waals surface area contributed by atoms with Gasteiger partial charge in [0.15, 0.2) is 6.29 Å². The third-order valence-electron chi connectivity index (χ3n) is 2.45. The minimum atomic E-state index is -4.43. The van der Waals surface area contributed by atoms with E-state index in [0.717, 1.165) is 12.1 Å². The van der Waals surface area contributed by atoms with Crippen LogP contribution in [-0.2, 0) is 6.18 Å². The van der Waals surface area contributed by atoms with Gasteiger partial charge in [-0.05, 0) is 18.2 Å². The lowest BCUT2D eigenvalue weighted by Crippen LogP contribution is -2.05. The van der Waals surface area contributed by atoms with Gasteiger partial charge in [0.2, 0.25) is 0 Å². The van der Waals surface area contributed by atoms with Gasteiger partial charge in [0.05, 0.1) is 17.3 Å². The van der Waals surface area contributed by atoms with Gasteiger partial charge in [-0.3, -0.25) is 4.79 Å². The third kappa shape index (κ3) is 1.86. The minimum Gasteiger partial charge on any atom is -0.417 e. The molecule has 0 aliphatic rings. The molecule has 0 unspecified atom stereocenters. The van der Waals surface area contributed by atoms with Gasteiger partial charge in [0.25, 0.3) is 0 Å². The number of aromatic nitrogens is 1. The van der Waals surface area contributed by atoms with Gasteiger partial charge >= 0.3 is 6.18 Å². The number of nitrogens with zero attached hydrogens (tertiary/aromatic N) is 1. The van der Waals surface area contributed by atoms with E-state index < -0.39 is 11.7 Å². The highest BCUT2D eigenvalue weighted by atomic mass is 19.4. The molecule has 0 radical (unpaired) electrons. The zero-order valence-corrected chi connectivity index (χ0v) is 8.78. The molecule has 0 fully saturated rings. The first-order valence-electron chi connectivity index (χ1n) is 4.69. The van der Waals surface area contributed by atoms with E-state index in [1.165, 1.54) is 24.1 Å². The molecule has 1 aromatic carbocycles. The summed E-state index contributed by atoms with van der Waals surface area (Å²) in [6.45, 7) is 0. The Labute approximate surface area is 94.4 Å². The van der Waals surface area contributed by atoms with E-state index in [9.17, 15) is 18.0 Å². The number of hydrogen-bond acceptors (Lipinski definition) is 2. The van der Waals surface area contributed by atoms with Gasteiger partial charge in [-0.2, -0.15) is 17.9 Å². The van der Waals surface area contributed by atoms with Gasteiger partial charge in [-0.1, -0.05) is 0 Å². The molecule has 2 aromatic rings. The highest BCUT2D eigenvalue weighted by Gasteiger charge is 2.31. The van der Waals surface area contributed by atoms with Crippen LogP contribution in [0, 0.1) is 0 Å². The Morgan fingerprint density at radius 3 is 2.59 bits per heavy atom. The summed E-state index contributed by atoms with van der Waals surface area (Å²) in [6.07, 6.45) is -2.58. The highest BCUT2D eigenvalue weighted by Crippen LogP contribution is 2.32. The molecule has 3 nitrogen and oxygen atoms in total. The first-order valence-corrected chi connectivity index (χ1v) is 4.69. The van der Waals surface area contributed by atoms with E-state index in [2.05, 4.69) is 0 Å². The number of carbonyl (C=O) groups excluding carboxylic acids is 1. The van der Waals surface area contributed by atoms with Crippen LogP contribution in [0.3, 0.4) is 0 Å². The molecule has 0 saturated carbocycles. The van der Waals surface area contributed by atoms with E-state index in [1.807, 2.05) is 0 Å². The number of aldehydes is 1. The van der Waals surface area contributed by atoms with Crippen LogP contribution in [0.15, 0.2) is 24.4 Å². The van der Waals surface area contributed by atoms with Crippen molar-refractivity contribution in [3.05, 3.63) is 35.5 Å².